The zero-order valence-electron chi connectivity index (χ0n) is 8.84. The molecule has 2 aromatic rings. The van der Waals surface area contributed by atoms with Crippen LogP contribution < -0.4 is 5.32 Å². The van der Waals surface area contributed by atoms with Gasteiger partial charge in [0.15, 0.2) is 0 Å². The van der Waals surface area contributed by atoms with Gasteiger partial charge in [-0.1, -0.05) is 36.4 Å². The van der Waals surface area contributed by atoms with E-state index >= 15 is 0 Å². The summed E-state index contributed by atoms with van der Waals surface area (Å²) in [5, 5.41) is 2.77. The lowest BCUT2D eigenvalue weighted by atomic mass is 10.2. The SMILES string of the molecule is O=C(Nc1ccccc1)c1cccc([S-])c1[S-]. The maximum Gasteiger partial charge on any atom is 0.254 e. The Morgan fingerprint density at radius 3 is 2.35 bits per heavy atom. The number of carbonyl (C=O) groups is 1. The lowest BCUT2D eigenvalue weighted by Gasteiger charge is -2.22. The van der Waals surface area contributed by atoms with Gasteiger partial charge in [-0.2, -0.15) is 9.79 Å². The van der Waals surface area contributed by atoms with E-state index in [1.807, 2.05) is 30.3 Å². The van der Waals surface area contributed by atoms with Gasteiger partial charge in [-0.25, -0.2) is 0 Å². The molecule has 0 saturated heterocycles. The van der Waals surface area contributed by atoms with E-state index in [4.69, 9.17) is 25.3 Å². The molecule has 0 fully saturated rings. The predicted octanol–water partition coefficient (Wildman–Crippen LogP) is 2.75. The van der Waals surface area contributed by atoms with Crippen molar-refractivity contribution in [2.75, 3.05) is 5.32 Å². The van der Waals surface area contributed by atoms with Gasteiger partial charge in [0.05, 0.1) is 0 Å². The Kier molecular flexibility index (Phi) is 3.56. The van der Waals surface area contributed by atoms with Gasteiger partial charge in [0.1, 0.15) is 0 Å². The lowest BCUT2D eigenvalue weighted by molar-refractivity contribution is 0.102. The topological polar surface area (TPSA) is 29.1 Å². The summed E-state index contributed by atoms with van der Waals surface area (Å²) in [5.41, 5.74) is 1.18. The van der Waals surface area contributed by atoms with Gasteiger partial charge in [-0.15, -0.1) is 0 Å². The molecule has 2 nitrogen and oxygen atoms in total. The summed E-state index contributed by atoms with van der Waals surface area (Å²) >= 11 is 10.2. The molecule has 0 atom stereocenters. The second-order valence-corrected chi connectivity index (χ2v) is 4.30. The van der Waals surface area contributed by atoms with E-state index in [1.165, 1.54) is 0 Å². The van der Waals surface area contributed by atoms with Crippen LogP contribution in [0.4, 0.5) is 5.69 Å². The van der Waals surface area contributed by atoms with Crippen molar-refractivity contribution in [1.82, 2.24) is 0 Å². The first-order valence-corrected chi connectivity index (χ1v) is 5.83. The fourth-order valence-electron chi connectivity index (χ4n) is 1.41. The Balaban J connectivity index is 2.24. The monoisotopic (exact) mass is 259 g/mol. The van der Waals surface area contributed by atoms with Crippen LogP contribution in [0.1, 0.15) is 10.4 Å². The molecule has 0 aliphatic heterocycles. The Morgan fingerprint density at radius 1 is 0.941 bits per heavy atom. The third kappa shape index (κ3) is 2.72. The molecule has 0 bridgehead atoms. The minimum atomic E-state index is -0.229. The number of hydrogen-bond acceptors (Lipinski definition) is 3. The van der Waals surface area contributed by atoms with Crippen LogP contribution in [0.3, 0.4) is 0 Å². The molecule has 0 aliphatic rings. The van der Waals surface area contributed by atoms with E-state index < -0.39 is 0 Å². The molecule has 0 heterocycles. The quantitative estimate of drug-likeness (QED) is 0.841. The zero-order valence-corrected chi connectivity index (χ0v) is 10.5. The van der Waals surface area contributed by atoms with E-state index in [0.717, 1.165) is 5.69 Å². The zero-order chi connectivity index (χ0) is 12.3. The fourth-order valence-corrected chi connectivity index (χ4v) is 1.83. The smallest absolute Gasteiger partial charge is 0.254 e. The molecule has 17 heavy (non-hydrogen) atoms. The van der Waals surface area contributed by atoms with Crippen LogP contribution in [0, 0.1) is 0 Å². The normalized spacial score (nSPS) is 9.88. The molecule has 4 heteroatoms. The summed E-state index contributed by atoms with van der Waals surface area (Å²) in [6.07, 6.45) is 0. The van der Waals surface area contributed by atoms with Crippen LogP contribution in [0.15, 0.2) is 58.3 Å². The number of rotatable bonds is 2. The van der Waals surface area contributed by atoms with Crippen molar-refractivity contribution in [2.24, 2.45) is 0 Å². The second kappa shape index (κ2) is 5.12. The van der Waals surface area contributed by atoms with E-state index in [1.54, 1.807) is 18.2 Å². The standard InChI is InChI=1S/C13H11NOS2/c15-13(14-9-5-2-1-3-6-9)10-7-4-8-11(16)12(10)17/h1-8,16-17H,(H,14,15)/p-2. The maximum atomic E-state index is 12.0. The number of hydrogen-bond donors (Lipinski definition) is 1. The first-order chi connectivity index (χ1) is 8.18. The largest absolute Gasteiger partial charge is 0.781 e. The van der Waals surface area contributed by atoms with Gasteiger partial charge in [-0.3, -0.25) is 4.79 Å². The van der Waals surface area contributed by atoms with Gasteiger partial charge in [0.25, 0.3) is 5.91 Å². The maximum absolute atomic E-state index is 12.0. The summed E-state index contributed by atoms with van der Waals surface area (Å²) in [5.74, 6) is -0.229. The summed E-state index contributed by atoms with van der Waals surface area (Å²) in [6.45, 7) is 0. The first kappa shape index (κ1) is 11.8. The minimum absolute atomic E-state index is 0.229. The molecule has 2 rings (SSSR count). The average molecular weight is 259 g/mol. The van der Waals surface area contributed by atoms with Crippen molar-refractivity contribution in [1.29, 1.82) is 0 Å². The van der Waals surface area contributed by atoms with Gasteiger partial charge >= 0.3 is 0 Å². The highest BCUT2D eigenvalue weighted by atomic mass is 32.1. The van der Waals surface area contributed by atoms with Crippen LogP contribution >= 0.6 is 0 Å². The lowest BCUT2D eigenvalue weighted by Crippen LogP contribution is -2.13. The molecule has 0 saturated carbocycles. The fraction of sp³-hybridized carbons (Fsp3) is 0. The molecule has 0 spiro atoms. The minimum Gasteiger partial charge on any atom is -0.781 e. The molecular formula is C13H9NOS2-2. The van der Waals surface area contributed by atoms with Crippen LogP contribution in [0.5, 0.6) is 0 Å². The highest BCUT2D eigenvalue weighted by Gasteiger charge is 2.04. The molecule has 1 amide bonds. The van der Waals surface area contributed by atoms with Crippen molar-refractivity contribution in [3.8, 4) is 0 Å². The molecular weight excluding hydrogens is 250 g/mol. The van der Waals surface area contributed by atoms with Crippen molar-refractivity contribution in [3.63, 3.8) is 0 Å². The van der Waals surface area contributed by atoms with Crippen LogP contribution in [0.25, 0.3) is 0 Å². The highest BCUT2D eigenvalue weighted by Crippen LogP contribution is 2.16. The third-order valence-electron chi connectivity index (χ3n) is 2.26. The highest BCUT2D eigenvalue weighted by molar-refractivity contribution is 7.62. The summed E-state index contributed by atoms with van der Waals surface area (Å²) in [6, 6.07) is 14.4. The summed E-state index contributed by atoms with van der Waals surface area (Å²) < 4.78 is 0. The van der Waals surface area contributed by atoms with Crippen LogP contribution in [-0.4, -0.2) is 5.91 Å². The Morgan fingerprint density at radius 2 is 1.65 bits per heavy atom. The van der Waals surface area contributed by atoms with E-state index in [0.29, 0.717) is 15.4 Å². The van der Waals surface area contributed by atoms with Crippen molar-refractivity contribution < 1.29 is 4.79 Å². The molecule has 1 N–H and O–H groups in total. The van der Waals surface area contributed by atoms with E-state index in [2.05, 4.69) is 5.32 Å². The number of benzene rings is 2. The van der Waals surface area contributed by atoms with Crippen molar-refractivity contribution >= 4 is 36.9 Å². The molecule has 0 radical (unpaired) electrons. The Labute approximate surface area is 111 Å². The molecule has 0 aliphatic carbocycles. The molecule has 2 aromatic carbocycles. The number of nitrogens with one attached hydrogen (secondary N) is 1. The third-order valence-corrected chi connectivity index (χ3v) is 3.16. The van der Waals surface area contributed by atoms with Gasteiger partial charge in [0, 0.05) is 11.3 Å². The Hall–Kier alpha value is -1.65. The van der Waals surface area contributed by atoms with E-state index in [-0.39, 0.29) is 5.91 Å². The average Bonchev–Trinajstić information content (AvgIpc) is 2.34. The molecule has 86 valence electrons. The summed E-state index contributed by atoms with van der Waals surface area (Å²) in [7, 11) is 0. The number of carbonyl (C=O) groups excluding carboxylic acids is 1. The van der Waals surface area contributed by atoms with Crippen molar-refractivity contribution in [2.45, 2.75) is 9.79 Å². The van der Waals surface area contributed by atoms with Crippen LogP contribution in [0.2, 0.25) is 0 Å². The first-order valence-electron chi connectivity index (χ1n) is 5.02. The van der Waals surface area contributed by atoms with E-state index in [9.17, 15) is 4.79 Å². The molecule has 0 unspecified atom stereocenters. The second-order valence-electron chi connectivity index (χ2n) is 3.45. The Bertz CT molecular complexity index is 540. The van der Waals surface area contributed by atoms with Crippen LogP contribution in [-0.2, 0) is 25.3 Å². The number of para-hydroxylation sites is 1. The summed E-state index contributed by atoms with van der Waals surface area (Å²) in [4.78, 5) is 12.9. The van der Waals surface area contributed by atoms with Gasteiger partial charge < -0.3 is 30.6 Å². The van der Waals surface area contributed by atoms with Gasteiger partial charge in [0.2, 0.25) is 0 Å². The van der Waals surface area contributed by atoms with Gasteiger partial charge in [-0.05, 0) is 12.1 Å². The number of amides is 1. The number of anilines is 1. The van der Waals surface area contributed by atoms with Crippen molar-refractivity contribution in [3.05, 3.63) is 54.1 Å². The predicted molar refractivity (Wildman–Crippen MR) is 72.1 cm³/mol. The molecule has 0 aromatic heterocycles.